The number of rotatable bonds is 7. The molecule has 0 aliphatic carbocycles. The largest absolute Gasteiger partial charge is 0.508 e. The Kier molecular flexibility index (Phi) is 9.37. The van der Waals surface area contributed by atoms with Crippen LogP contribution in [0.15, 0.2) is 46.1 Å². The van der Waals surface area contributed by atoms with Crippen LogP contribution in [-0.4, -0.2) is 73.1 Å². The molecule has 1 aliphatic rings. The number of hydrogen-bond donors (Lipinski definition) is 2. The molecular formula is C19H28IN5O4S. The predicted octanol–water partition coefficient (Wildman–Crippen LogP) is 1.65. The van der Waals surface area contributed by atoms with Crippen LogP contribution in [0.3, 0.4) is 0 Å². The lowest BCUT2D eigenvalue weighted by atomic mass is 10.1. The minimum Gasteiger partial charge on any atom is -0.508 e. The number of halogens is 1. The van der Waals surface area contributed by atoms with Gasteiger partial charge in [0.05, 0.1) is 5.69 Å². The molecule has 166 valence electrons. The van der Waals surface area contributed by atoms with Crippen LogP contribution in [0.5, 0.6) is 5.75 Å². The van der Waals surface area contributed by atoms with Crippen molar-refractivity contribution in [2.45, 2.75) is 19.1 Å². The Labute approximate surface area is 194 Å². The first kappa shape index (κ1) is 24.4. The van der Waals surface area contributed by atoms with Crippen LogP contribution in [0.2, 0.25) is 0 Å². The van der Waals surface area contributed by atoms with Gasteiger partial charge in [0.25, 0.3) is 0 Å². The highest BCUT2D eigenvalue weighted by Gasteiger charge is 2.28. The Morgan fingerprint density at radius 2 is 2.03 bits per heavy atom. The van der Waals surface area contributed by atoms with E-state index in [2.05, 4.69) is 20.4 Å². The predicted molar refractivity (Wildman–Crippen MR) is 125 cm³/mol. The number of aromatic hydroxyl groups is 1. The smallest absolute Gasteiger partial charge is 0.220 e. The van der Waals surface area contributed by atoms with Crippen LogP contribution < -0.4 is 5.32 Å². The van der Waals surface area contributed by atoms with E-state index < -0.39 is 10.0 Å². The highest BCUT2D eigenvalue weighted by molar-refractivity contribution is 14.0. The van der Waals surface area contributed by atoms with E-state index in [9.17, 15) is 13.5 Å². The van der Waals surface area contributed by atoms with Gasteiger partial charge in [0.1, 0.15) is 17.8 Å². The van der Waals surface area contributed by atoms with E-state index in [1.54, 1.807) is 18.2 Å². The van der Waals surface area contributed by atoms with Crippen LogP contribution in [0.1, 0.15) is 18.2 Å². The molecule has 0 amide bonds. The minimum atomic E-state index is -3.42. The Morgan fingerprint density at radius 1 is 1.27 bits per heavy atom. The van der Waals surface area contributed by atoms with Crippen LogP contribution in [0.4, 0.5) is 0 Å². The van der Waals surface area contributed by atoms with Crippen molar-refractivity contribution in [3.8, 4) is 5.75 Å². The maximum atomic E-state index is 12.6. The highest BCUT2D eigenvalue weighted by atomic mass is 127. The zero-order chi connectivity index (χ0) is 20.7. The Morgan fingerprint density at radius 3 is 2.67 bits per heavy atom. The average molecular weight is 549 g/mol. The van der Waals surface area contributed by atoms with Crippen molar-refractivity contribution in [3.05, 3.63) is 47.9 Å². The van der Waals surface area contributed by atoms with Crippen molar-refractivity contribution in [2.24, 2.45) is 4.99 Å². The lowest BCUT2D eigenvalue weighted by molar-refractivity contribution is 0.260. The Hall–Kier alpha value is -1.86. The zero-order valence-electron chi connectivity index (χ0n) is 16.9. The van der Waals surface area contributed by atoms with E-state index >= 15 is 0 Å². The molecule has 1 aliphatic heterocycles. The van der Waals surface area contributed by atoms with Gasteiger partial charge in [-0.05, 0) is 31.0 Å². The second-order valence-electron chi connectivity index (χ2n) is 6.79. The summed E-state index contributed by atoms with van der Waals surface area (Å²) in [4.78, 5) is 6.75. The fourth-order valence-corrected chi connectivity index (χ4v) is 4.62. The molecule has 30 heavy (non-hydrogen) atoms. The molecule has 2 aromatic rings. The first-order chi connectivity index (χ1) is 14.0. The second-order valence-corrected chi connectivity index (χ2v) is 8.76. The summed E-state index contributed by atoms with van der Waals surface area (Å²) in [6.07, 6.45) is 2.09. The number of nitrogens with one attached hydrogen (secondary N) is 1. The molecule has 1 aromatic carbocycles. The fraction of sp³-hybridized carbons (Fsp3) is 0.474. The molecule has 1 aromatic heterocycles. The summed E-state index contributed by atoms with van der Waals surface area (Å²) in [7, 11) is -3.42. The summed E-state index contributed by atoms with van der Waals surface area (Å²) in [6, 6.07) is 8.73. The summed E-state index contributed by atoms with van der Waals surface area (Å²) in [6.45, 7) is 5.25. The summed E-state index contributed by atoms with van der Waals surface area (Å²) in [5.41, 5.74) is 1.43. The van der Waals surface area contributed by atoms with Gasteiger partial charge in [0.15, 0.2) is 5.96 Å². The number of hydrogen-bond acceptors (Lipinski definition) is 6. The number of guanidine groups is 1. The van der Waals surface area contributed by atoms with Gasteiger partial charge < -0.3 is 19.8 Å². The summed E-state index contributed by atoms with van der Waals surface area (Å²) in [5, 5.41) is 16.5. The quantitative estimate of drug-likeness (QED) is 0.307. The maximum absolute atomic E-state index is 12.6. The number of phenolic OH excluding ortho intramolecular Hbond substituents is 1. The first-order valence-corrected chi connectivity index (χ1v) is 11.3. The first-order valence-electron chi connectivity index (χ1n) is 9.66. The molecule has 1 saturated heterocycles. The topological polar surface area (TPSA) is 111 Å². The Balaban J connectivity index is 0.00000320. The SMILES string of the molecule is CCNC(=NCCc1cccc(O)c1)N1CCN(S(=O)(=O)Cc2ccon2)CC1.I. The van der Waals surface area contributed by atoms with E-state index in [1.165, 1.54) is 10.6 Å². The zero-order valence-corrected chi connectivity index (χ0v) is 20.0. The molecular weight excluding hydrogens is 521 g/mol. The molecule has 0 bridgehead atoms. The Bertz CT molecular complexity index is 913. The number of benzene rings is 1. The third-order valence-corrected chi connectivity index (χ3v) is 6.47. The summed E-state index contributed by atoms with van der Waals surface area (Å²) >= 11 is 0. The van der Waals surface area contributed by atoms with Gasteiger partial charge in [-0.3, -0.25) is 4.99 Å². The molecule has 0 radical (unpaired) electrons. The third-order valence-electron chi connectivity index (χ3n) is 4.66. The van der Waals surface area contributed by atoms with Crippen molar-refractivity contribution in [2.75, 3.05) is 39.3 Å². The average Bonchev–Trinajstić information content (AvgIpc) is 3.20. The van der Waals surface area contributed by atoms with Crippen molar-refractivity contribution in [1.29, 1.82) is 0 Å². The van der Waals surface area contributed by atoms with E-state index in [0.717, 1.165) is 24.5 Å². The van der Waals surface area contributed by atoms with E-state index in [-0.39, 0.29) is 35.5 Å². The van der Waals surface area contributed by atoms with E-state index in [4.69, 9.17) is 4.52 Å². The van der Waals surface area contributed by atoms with Gasteiger partial charge in [-0.15, -0.1) is 24.0 Å². The highest BCUT2D eigenvalue weighted by Crippen LogP contribution is 2.14. The number of sulfonamides is 1. The van der Waals surface area contributed by atoms with Gasteiger partial charge in [-0.2, -0.15) is 4.31 Å². The molecule has 0 unspecified atom stereocenters. The molecule has 11 heteroatoms. The van der Waals surface area contributed by atoms with E-state index in [1.807, 2.05) is 19.1 Å². The fourth-order valence-electron chi connectivity index (χ4n) is 3.20. The molecule has 9 nitrogen and oxygen atoms in total. The lowest BCUT2D eigenvalue weighted by Gasteiger charge is -2.35. The van der Waals surface area contributed by atoms with Gasteiger partial charge >= 0.3 is 0 Å². The van der Waals surface area contributed by atoms with E-state index in [0.29, 0.717) is 38.4 Å². The number of nitrogens with zero attached hydrogens (tertiary/aromatic N) is 4. The number of aromatic nitrogens is 1. The molecule has 0 atom stereocenters. The number of aliphatic imine (C=N–C) groups is 1. The molecule has 2 heterocycles. The van der Waals surface area contributed by atoms with Crippen molar-refractivity contribution < 1.29 is 18.0 Å². The van der Waals surface area contributed by atoms with Gasteiger partial charge in [0.2, 0.25) is 10.0 Å². The molecule has 3 rings (SSSR count). The molecule has 0 spiro atoms. The van der Waals surface area contributed by atoms with Crippen LogP contribution in [0.25, 0.3) is 0 Å². The molecule has 2 N–H and O–H groups in total. The van der Waals surface area contributed by atoms with Crippen molar-refractivity contribution in [1.82, 2.24) is 19.7 Å². The van der Waals surface area contributed by atoms with Gasteiger partial charge in [-0.1, -0.05) is 17.3 Å². The second kappa shape index (κ2) is 11.5. The molecule has 1 fully saturated rings. The van der Waals surface area contributed by atoms with Crippen LogP contribution >= 0.6 is 24.0 Å². The number of phenols is 1. The summed E-state index contributed by atoms with van der Waals surface area (Å²) < 4.78 is 31.4. The van der Waals surface area contributed by atoms with Crippen LogP contribution in [-0.2, 0) is 22.2 Å². The minimum absolute atomic E-state index is 0. The molecule has 0 saturated carbocycles. The lowest BCUT2D eigenvalue weighted by Crippen LogP contribution is -2.54. The monoisotopic (exact) mass is 549 g/mol. The van der Waals surface area contributed by atoms with Crippen LogP contribution in [0, 0.1) is 0 Å². The third kappa shape index (κ3) is 6.84. The van der Waals surface area contributed by atoms with Gasteiger partial charge in [-0.25, -0.2) is 8.42 Å². The van der Waals surface area contributed by atoms with Gasteiger partial charge in [0, 0.05) is 45.3 Å². The normalized spacial score (nSPS) is 15.6. The summed E-state index contributed by atoms with van der Waals surface area (Å²) in [5.74, 6) is 0.879. The standard InChI is InChI=1S/C19H27N5O4S.HI/c1-2-20-19(21-8-6-16-4-3-5-18(25)14-16)23-9-11-24(12-10-23)29(26,27)15-17-7-13-28-22-17;/h3-5,7,13-14,25H,2,6,8-12,15H2,1H3,(H,20,21);1H. The van der Waals surface area contributed by atoms with Crippen molar-refractivity contribution >= 4 is 40.0 Å². The number of piperazine rings is 1. The van der Waals surface area contributed by atoms with Crippen molar-refractivity contribution in [3.63, 3.8) is 0 Å². The maximum Gasteiger partial charge on any atom is 0.220 e.